The summed E-state index contributed by atoms with van der Waals surface area (Å²) in [5.74, 6) is -0.910. The van der Waals surface area contributed by atoms with Gasteiger partial charge in [-0.05, 0) is 62.4 Å². The number of fused-ring (bicyclic) bond motifs is 1. The molecular weight excluding hydrogens is 282 g/mol. The van der Waals surface area contributed by atoms with Crippen molar-refractivity contribution in [3.8, 4) is 0 Å². The van der Waals surface area contributed by atoms with Crippen molar-refractivity contribution in [1.29, 1.82) is 0 Å². The standard InChI is InChI=1S/C17H23NO4/c1-5-11-8-13(15(19)20)9-12-6-7-18(10-14(11)12)16(21)22-17(2,3)4/h8-9H,5-7,10H2,1-4H3,(H,19,20). The van der Waals surface area contributed by atoms with Crippen LogP contribution in [0.25, 0.3) is 0 Å². The number of rotatable bonds is 2. The van der Waals surface area contributed by atoms with E-state index < -0.39 is 11.6 Å². The zero-order valence-electron chi connectivity index (χ0n) is 13.6. The largest absolute Gasteiger partial charge is 0.478 e. The summed E-state index contributed by atoms with van der Waals surface area (Å²) in [7, 11) is 0. The van der Waals surface area contributed by atoms with E-state index in [9.17, 15) is 14.7 Å². The molecule has 5 nitrogen and oxygen atoms in total. The van der Waals surface area contributed by atoms with Crippen LogP contribution in [0.4, 0.5) is 4.79 Å². The lowest BCUT2D eigenvalue weighted by Crippen LogP contribution is -2.40. The fourth-order valence-corrected chi connectivity index (χ4v) is 2.67. The number of ether oxygens (including phenoxy) is 1. The molecule has 1 N–H and O–H groups in total. The number of amides is 1. The first-order chi connectivity index (χ1) is 10.2. The van der Waals surface area contributed by atoms with Gasteiger partial charge in [-0.15, -0.1) is 0 Å². The molecule has 2 rings (SSSR count). The summed E-state index contributed by atoms with van der Waals surface area (Å²) in [6.07, 6.45) is 1.08. The highest BCUT2D eigenvalue weighted by molar-refractivity contribution is 5.88. The molecule has 0 fully saturated rings. The summed E-state index contributed by atoms with van der Waals surface area (Å²) < 4.78 is 5.42. The Labute approximate surface area is 130 Å². The van der Waals surface area contributed by atoms with Gasteiger partial charge in [0.25, 0.3) is 0 Å². The van der Waals surface area contributed by atoms with E-state index in [1.807, 2.05) is 27.7 Å². The summed E-state index contributed by atoms with van der Waals surface area (Å²) in [5, 5.41) is 9.19. The maximum atomic E-state index is 12.2. The van der Waals surface area contributed by atoms with E-state index in [1.165, 1.54) is 0 Å². The lowest BCUT2D eigenvalue weighted by atomic mass is 9.91. The number of hydrogen-bond donors (Lipinski definition) is 1. The molecule has 0 saturated heterocycles. The second-order valence-corrected chi connectivity index (χ2v) is 6.58. The number of benzene rings is 1. The van der Waals surface area contributed by atoms with Gasteiger partial charge in [-0.2, -0.15) is 0 Å². The average Bonchev–Trinajstić information content (AvgIpc) is 2.43. The van der Waals surface area contributed by atoms with Crippen LogP contribution in [0.3, 0.4) is 0 Å². The first-order valence-electron chi connectivity index (χ1n) is 7.57. The first kappa shape index (κ1) is 16.3. The Morgan fingerprint density at radius 3 is 2.55 bits per heavy atom. The monoisotopic (exact) mass is 305 g/mol. The predicted octanol–water partition coefficient (Wildman–Crippen LogP) is 3.24. The van der Waals surface area contributed by atoms with Crippen LogP contribution in [0.1, 0.15) is 54.7 Å². The first-order valence-corrected chi connectivity index (χ1v) is 7.57. The quantitative estimate of drug-likeness (QED) is 0.911. The molecule has 5 heteroatoms. The molecule has 1 amide bonds. The third-order valence-electron chi connectivity index (χ3n) is 3.71. The third kappa shape index (κ3) is 3.59. The molecule has 0 saturated carbocycles. The van der Waals surface area contributed by atoms with Crippen LogP contribution in [-0.4, -0.2) is 34.2 Å². The number of carbonyl (C=O) groups excluding carboxylic acids is 1. The van der Waals surface area contributed by atoms with Gasteiger partial charge in [0.1, 0.15) is 5.60 Å². The van der Waals surface area contributed by atoms with Gasteiger partial charge in [0.2, 0.25) is 0 Å². The van der Waals surface area contributed by atoms with Crippen molar-refractivity contribution in [1.82, 2.24) is 4.90 Å². The molecule has 1 aliphatic heterocycles. The van der Waals surface area contributed by atoms with Crippen LogP contribution in [0.2, 0.25) is 0 Å². The number of carbonyl (C=O) groups is 2. The second-order valence-electron chi connectivity index (χ2n) is 6.58. The van der Waals surface area contributed by atoms with Gasteiger partial charge >= 0.3 is 12.1 Å². The van der Waals surface area contributed by atoms with Gasteiger partial charge in [0.15, 0.2) is 0 Å². The zero-order chi connectivity index (χ0) is 16.5. The molecular formula is C17H23NO4. The molecule has 0 radical (unpaired) electrons. The van der Waals surface area contributed by atoms with E-state index in [0.717, 1.165) is 23.1 Å². The fraction of sp³-hybridized carbons (Fsp3) is 0.529. The van der Waals surface area contributed by atoms with Crippen molar-refractivity contribution in [2.45, 2.75) is 52.7 Å². The minimum absolute atomic E-state index is 0.317. The minimum Gasteiger partial charge on any atom is -0.478 e. The normalized spacial score (nSPS) is 14.5. The topological polar surface area (TPSA) is 66.8 Å². The summed E-state index contributed by atoms with van der Waals surface area (Å²) in [6.45, 7) is 8.56. The van der Waals surface area contributed by atoms with Crippen LogP contribution in [0, 0.1) is 0 Å². The number of nitrogens with zero attached hydrogens (tertiary/aromatic N) is 1. The fourth-order valence-electron chi connectivity index (χ4n) is 2.67. The average molecular weight is 305 g/mol. The van der Waals surface area contributed by atoms with E-state index >= 15 is 0 Å². The van der Waals surface area contributed by atoms with Crippen molar-refractivity contribution in [2.24, 2.45) is 0 Å². The van der Waals surface area contributed by atoms with Gasteiger partial charge in [0, 0.05) is 13.1 Å². The van der Waals surface area contributed by atoms with Gasteiger partial charge < -0.3 is 14.7 Å². The van der Waals surface area contributed by atoms with Crippen LogP contribution < -0.4 is 0 Å². The molecule has 0 aliphatic carbocycles. The number of hydrogen-bond acceptors (Lipinski definition) is 3. The molecule has 1 aromatic rings. The van der Waals surface area contributed by atoms with Gasteiger partial charge in [-0.3, -0.25) is 0 Å². The Bertz CT molecular complexity index is 584. The Hall–Kier alpha value is -2.04. The van der Waals surface area contributed by atoms with E-state index in [2.05, 4.69) is 0 Å². The number of carboxylic acids is 1. The van der Waals surface area contributed by atoms with E-state index in [4.69, 9.17) is 4.74 Å². The van der Waals surface area contributed by atoms with Gasteiger partial charge in [0.05, 0.1) is 5.56 Å². The molecule has 1 aliphatic rings. The molecule has 0 bridgehead atoms. The molecule has 1 heterocycles. The van der Waals surface area contributed by atoms with Crippen molar-refractivity contribution in [3.63, 3.8) is 0 Å². The number of aryl methyl sites for hydroxylation is 1. The Morgan fingerprint density at radius 2 is 2.00 bits per heavy atom. The molecule has 0 spiro atoms. The smallest absolute Gasteiger partial charge is 0.410 e. The Morgan fingerprint density at radius 1 is 1.32 bits per heavy atom. The minimum atomic E-state index is -0.910. The van der Waals surface area contributed by atoms with Crippen LogP contribution in [0.15, 0.2) is 12.1 Å². The van der Waals surface area contributed by atoms with Gasteiger partial charge in [-0.1, -0.05) is 6.92 Å². The maximum Gasteiger partial charge on any atom is 0.410 e. The highest BCUT2D eigenvalue weighted by atomic mass is 16.6. The van der Waals surface area contributed by atoms with Crippen molar-refractivity contribution in [3.05, 3.63) is 34.4 Å². The lowest BCUT2D eigenvalue weighted by molar-refractivity contribution is 0.0223. The number of aromatic carboxylic acids is 1. The van der Waals surface area contributed by atoms with Crippen LogP contribution in [-0.2, 0) is 24.1 Å². The van der Waals surface area contributed by atoms with Crippen molar-refractivity contribution in [2.75, 3.05) is 6.54 Å². The summed E-state index contributed by atoms with van der Waals surface area (Å²) in [5.41, 5.74) is 2.88. The Balaban J connectivity index is 2.26. The maximum absolute atomic E-state index is 12.2. The summed E-state index contributed by atoms with van der Waals surface area (Å²) >= 11 is 0. The van der Waals surface area contributed by atoms with Crippen LogP contribution >= 0.6 is 0 Å². The molecule has 1 aromatic carbocycles. The highest BCUT2D eigenvalue weighted by Gasteiger charge is 2.27. The van der Waals surface area contributed by atoms with E-state index in [0.29, 0.717) is 25.1 Å². The summed E-state index contributed by atoms with van der Waals surface area (Å²) in [6, 6.07) is 3.43. The second kappa shape index (κ2) is 5.99. The number of carboxylic acid groups (broad SMARTS) is 1. The predicted molar refractivity (Wildman–Crippen MR) is 83.1 cm³/mol. The van der Waals surface area contributed by atoms with Crippen LogP contribution in [0.5, 0.6) is 0 Å². The van der Waals surface area contributed by atoms with E-state index in [1.54, 1.807) is 17.0 Å². The SMILES string of the molecule is CCc1cc(C(=O)O)cc2c1CN(C(=O)OC(C)(C)C)CC2. The molecule has 0 aromatic heterocycles. The molecule has 0 unspecified atom stereocenters. The summed E-state index contributed by atoms with van der Waals surface area (Å²) in [4.78, 5) is 25.1. The van der Waals surface area contributed by atoms with Gasteiger partial charge in [-0.25, -0.2) is 9.59 Å². The Kier molecular flexibility index (Phi) is 4.44. The highest BCUT2D eigenvalue weighted by Crippen LogP contribution is 2.26. The zero-order valence-corrected chi connectivity index (χ0v) is 13.6. The lowest BCUT2D eigenvalue weighted by Gasteiger charge is -2.32. The van der Waals surface area contributed by atoms with Crippen molar-refractivity contribution >= 4 is 12.1 Å². The van der Waals surface area contributed by atoms with E-state index in [-0.39, 0.29) is 6.09 Å². The van der Waals surface area contributed by atoms with Crippen molar-refractivity contribution < 1.29 is 19.4 Å². The molecule has 22 heavy (non-hydrogen) atoms. The molecule has 120 valence electrons. The molecule has 0 atom stereocenters. The third-order valence-corrected chi connectivity index (χ3v) is 3.71.